The molecule has 2 heterocycles. The Labute approximate surface area is 187 Å². The number of nitrogens with one attached hydrogen (secondary N) is 2. The predicted molar refractivity (Wildman–Crippen MR) is 121 cm³/mol. The van der Waals surface area contributed by atoms with Crippen LogP contribution in [-0.2, 0) is 17.9 Å². The van der Waals surface area contributed by atoms with Crippen LogP contribution in [0.25, 0.3) is 0 Å². The normalized spacial score (nSPS) is 18.1. The third-order valence-electron chi connectivity index (χ3n) is 6.06. The number of halogens is 2. The summed E-state index contributed by atoms with van der Waals surface area (Å²) < 4.78 is 27.2. The molecule has 0 aliphatic carbocycles. The lowest BCUT2D eigenvalue weighted by atomic mass is 10.1. The van der Waals surface area contributed by atoms with Crippen LogP contribution in [0.2, 0.25) is 0 Å². The Morgan fingerprint density at radius 1 is 1.16 bits per heavy atom. The van der Waals surface area contributed by atoms with Crippen molar-refractivity contribution in [2.24, 2.45) is 4.99 Å². The van der Waals surface area contributed by atoms with Crippen molar-refractivity contribution in [3.05, 3.63) is 65.2 Å². The average Bonchev–Trinajstić information content (AvgIpc) is 3.42. The molecule has 1 saturated heterocycles. The number of rotatable bonds is 6. The largest absolute Gasteiger partial charge is 0.367 e. The lowest BCUT2D eigenvalue weighted by Gasteiger charge is -2.21. The first-order chi connectivity index (χ1) is 15.5. The van der Waals surface area contributed by atoms with E-state index < -0.39 is 11.6 Å². The molecule has 0 spiro atoms. The van der Waals surface area contributed by atoms with E-state index in [0.717, 1.165) is 12.5 Å². The molecule has 1 fully saturated rings. The smallest absolute Gasteiger partial charge is 0.223 e. The second-order valence-corrected chi connectivity index (χ2v) is 8.29. The van der Waals surface area contributed by atoms with Crippen molar-refractivity contribution in [3.8, 4) is 0 Å². The maximum absolute atomic E-state index is 14.0. The number of hydrogen-bond donors (Lipinski definition) is 2. The van der Waals surface area contributed by atoms with E-state index in [1.165, 1.54) is 23.3 Å². The van der Waals surface area contributed by atoms with Gasteiger partial charge in [-0.05, 0) is 36.1 Å². The van der Waals surface area contributed by atoms with Crippen LogP contribution >= 0.6 is 0 Å². The zero-order valence-electron chi connectivity index (χ0n) is 18.3. The van der Waals surface area contributed by atoms with Gasteiger partial charge in [-0.3, -0.25) is 9.79 Å². The molecule has 2 aromatic rings. The van der Waals surface area contributed by atoms with Crippen LogP contribution in [-0.4, -0.2) is 49.5 Å². The average molecular weight is 442 g/mol. The summed E-state index contributed by atoms with van der Waals surface area (Å²) in [5, 5.41) is 6.62. The molecule has 0 saturated carbocycles. The lowest BCUT2D eigenvalue weighted by molar-refractivity contribution is -0.131. The zero-order valence-corrected chi connectivity index (χ0v) is 18.3. The summed E-state index contributed by atoms with van der Waals surface area (Å²) in [6, 6.07) is 12.0. The highest BCUT2D eigenvalue weighted by Gasteiger charge is 2.26. The van der Waals surface area contributed by atoms with Crippen molar-refractivity contribution in [1.29, 1.82) is 0 Å². The molecule has 2 N–H and O–H groups in total. The molecule has 8 heteroatoms. The number of carbonyl (C=O) groups is 1. The fraction of sp³-hybridized carbons (Fsp3) is 0.417. The third-order valence-corrected chi connectivity index (χ3v) is 6.06. The van der Waals surface area contributed by atoms with E-state index in [2.05, 4.69) is 27.8 Å². The molecule has 2 aromatic carbocycles. The van der Waals surface area contributed by atoms with E-state index in [0.29, 0.717) is 57.2 Å². The monoisotopic (exact) mass is 441 g/mol. The van der Waals surface area contributed by atoms with Gasteiger partial charge in [-0.15, -0.1) is 0 Å². The molecule has 4 rings (SSSR count). The van der Waals surface area contributed by atoms with Gasteiger partial charge < -0.3 is 20.4 Å². The van der Waals surface area contributed by atoms with Crippen molar-refractivity contribution < 1.29 is 13.6 Å². The lowest BCUT2D eigenvalue weighted by Crippen LogP contribution is -2.45. The Morgan fingerprint density at radius 3 is 2.59 bits per heavy atom. The maximum Gasteiger partial charge on any atom is 0.223 e. The van der Waals surface area contributed by atoms with Crippen molar-refractivity contribution >= 4 is 17.6 Å². The van der Waals surface area contributed by atoms with Crippen LogP contribution in [0.1, 0.15) is 30.4 Å². The number of guanidine groups is 1. The van der Waals surface area contributed by atoms with Gasteiger partial charge in [-0.25, -0.2) is 8.78 Å². The van der Waals surface area contributed by atoms with Gasteiger partial charge in [-0.1, -0.05) is 24.3 Å². The van der Waals surface area contributed by atoms with Crippen molar-refractivity contribution in [2.75, 3.05) is 31.6 Å². The van der Waals surface area contributed by atoms with E-state index in [-0.39, 0.29) is 11.9 Å². The third kappa shape index (κ3) is 5.18. The summed E-state index contributed by atoms with van der Waals surface area (Å²) in [6.07, 6.45) is 2.02. The van der Waals surface area contributed by atoms with E-state index in [1.54, 1.807) is 7.05 Å². The first-order valence-electron chi connectivity index (χ1n) is 11.0. The maximum atomic E-state index is 14.0. The van der Waals surface area contributed by atoms with Gasteiger partial charge >= 0.3 is 0 Å². The van der Waals surface area contributed by atoms with Gasteiger partial charge in [-0.2, -0.15) is 0 Å². The van der Waals surface area contributed by atoms with Crippen molar-refractivity contribution in [1.82, 2.24) is 15.5 Å². The van der Waals surface area contributed by atoms with Crippen LogP contribution in [0.15, 0.2) is 47.5 Å². The number of benzene rings is 2. The Kier molecular flexibility index (Phi) is 6.87. The fourth-order valence-electron chi connectivity index (χ4n) is 4.34. The molecule has 1 unspecified atom stereocenters. The Bertz CT molecular complexity index is 971. The minimum absolute atomic E-state index is 0.107. The first-order valence-corrected chi connectivity index (χ1v) is 11.0. The van der Waals surface area contributed by atoms with Crippen LogP contribution in [0.3, 0.4) is 0 Å². The molecule has 0 radical (unpaired) electrons. The molecule has 0 bridgehead atoms. The van der Waals surface area contributed by atoms with Gasteiger partial charge in [0.05, 0.1) is 5.69 Å². The van der Waals surface area contributed by atoms with Crippen LogP contribution in [0.4, 0.5) is 14.5 Å². The van der Waals surface area contributed by atoms with Gasteiger partial charge in [0.1, 0.15) is 11.6 Å². The molecule has 170 valence electrons. The fourth-order valence-corrected chi connectivity index (χ4v) is 4.34. The Balaban J connectivity index is 1.18. The number of aliphatic imine (C=N–C) groups is 1. The van der Waals surface area contributed by atoms with Gasteiger partial charge in [0, 0.05) is 58.3 Å². The minimum atomic E-state index is -0.572. The number of amides is 1. The molecular weight excluding hydrogens is 412 g/mol. The standard InChI is InChI=1S/C24H29F2N5O/c1-27-24(29-20-10-12-30(16-20)22-9-8-19(25)13-21(22)26)28-11-4-7-23(32)31-14-17-5-2-3-6-18(17)15-31/h2-3,5-6,8-9,13,20H,4,7,10-12,14-16H2,1H3,(H2,27,28,29). The SMILES string of the molecule is CN=C(NCCCC(=O)N1Cc2ccccc2C1)NC1CCN(c2ccc(F)cc2F)C1. The minimum Gasteiger partial charge on any atom is -0.367 e. The summed E-state index contributed by atoms with van der Waals surface area (Å²) in [5.74, 6) is -0.285. The van der Waals surface area contributed by atoms with Gasteiger partial charge in [0.25, 0.3) is 0 Å². The molecule has 2 aliphatic rings. The summed E-state index contributed by atoms with van der Waals surface area (Å²) in [4.78, 5) is 20.6. The Hall–Kier alpha value is -3.16. The van der Waals surface area contributed by atoms with Crippen LogP contribution in [0, 0.1) is 11.6 Å². The molecular formula is C24H29F2N5O. The molecule has 1 atom stereocenters. The highest BCUT2D eigenvalue weighted by molar-refractivity contribution is 5.80. The van der Waals surface area contributed by atoms with E-state index in [1.807, 2.05) is 21.9 Å². The summed E-state index contributed by atoms with van der Waals surface area (Å²) in [5.41, 5.74) is 2.88. The van der Waals surface area contributed by atoms with E-state index >= 15 is 0 Å². The highest BCUT2D eigenvalue weighted by atomic mass is 19.1. The van der Waals surface area contributed by atoms with Crippen molar-refractivity contribution in [2.45, 2.75) is 38.4 Å². The van der Waals surface area contributed by atoms with E-state index in [9.17, 15) is 13.6 Å². The molecule has 32 heavy (non-hydrogen) atoms. The zero-order chi connectivity index (χ0) is 22.5. The summed E-state index contributed by atoms with van der Waals surface area (Å²) >= 11 is 0. The second-order valence-electron chi connectivity index (χ2n) is 8.29. The van der Waals surface area contributed by atoms with Crippen molar-refractivity contribution in [3.63, 3.8) is 0 Å². The topological polar surface area (TPSA) is 60.0 Å². The second kappa shape index (κ2) is 9.97. The quantitative estimate of drug-likeness (QED) is 0.411. The summed E-state index contributed by atoms with van der Waals surface area (Å²) in [7, 11) is 1.70. The number of anilines is 1. The number of nitrogens with zero attached hydrogens (tertiary/aromatic N) is 3. The Morgan fingerprint density at radius 2 is 1.91 bits per heavy atom. The van der Waals surface area contributed by atoms with Gasteiger partial charge in [0.2, 0.25) is 5.91 Å². The number of carbonyl (C=O) groups excluding carboxylic acids is 1. The van der Waals surface area contributed by atoms with Crippen LogP contribution in [0.5, 0.6) is 0 Å². The van der Waals surface area contributed by atoms with E-state index in [4.69, 9.17) is 0 Å². The first kappa shape index (κ1) is 22.0. The highest BCUT2D eigenvalue weighted by Crippen LogP contribution is 2.25. The predicted octanol–water partition coefficient (Wildman–Crippen LogP) is 3.03. The molecule has 6 nitrogen and oxygen atoms in total. The molecule has 2 aliphatic heterocycles. The summed E-state index contributed by atoms with van der Waals surface area (Å²) in [6.45, 7) is 3.31. The van der Waals surface area contributed by atoms with Gasteiger partial charge in [0.15, 0.2) is 5.96 Å². The molecule has 0 aromatic heterocycles. The van der Waals surface area contributed by atoms with Crippen LogP contribution < -0.4 is 15.5 Å². The number of hydrogen-bond acceptors (Lipinski definition) is 3. The number of fused-ring (bicyclic) bond motifs is 1. The molecule has 1 amide bonds.